The van der Waals surface area contributed by atoms with Gasteiger partial charge in [-0.15, -0.1) is 0 Å². The van der Waals surface area contributed by atoms with Crippen molar-refractivity contribution >= 4 is 11.6 Å². The minimum absolute atomic E-state index is 0.0155. The van der Waals surface area contributed by atoms with Crippen molar-refractivity contribution in [2.45, 2.75) is 53.5 Å². The van der Waals surface area contributed by atoms with Crippen molar-refractivity contribution < 1.29 is 4.79 Å². The lowest BCUT2D eigenvalue weighted by Gasteiger charge is -2.28. The van der Waals surface area contributed by atoms with Crippen molar-refractivity contribution in [3.05, 3.63) is 17.7 Å². The number of carbonyl (C=O) groups is 1. The van der Waals surface area contributed by atoms with Crippen LogP contribution in [0.25, 0.3) is 0 Å². The summed E-state index contributed by atoms with van der Waals surface area (Å²) in [5.74, 6) is 0.541. The molecule has 0 saturated heterocycles. The van der Waals surface area contributed by atoms with Crippen LogP contribution in [0.3, 0.4) is 0 Å². The van der Waals surface area contributed by atoms with E-state index in [2.05, 4.69) is 36.1 Å². The highest BCUT2D eigenvalue weighted by Gasteiger charge is 2.24. The zero-order valence-electron chi connectivity index (χ0n) is 12.6. The number of amides is 1. The predicted molar refractivity (Wildman–Crippen MR) is 76.9 cm³/mol. The van der Waals surface area contributed by atoms with Gasteiger partial charge in [0.2, 0.25) is 0 Å². The van der Waals surface area contributed by atoms with E-state index in [1.54, 1.807) is 0 Å². The Bertz CT molecular complexity index is 463. The topological polar surface area (TPSA) is 80.9 Å². The van der Waals surface area contributed by atoms with Gasteiger partial charge in [0, 0.05) is 12.0 Å². The lowest BCUT2D eigenvalue weighted by Crippen LogP contribution is -2.42. The molecule has 5 nitrogen and oxygen atoms in total. The minimum atomic E-state index is -0.246. The van der Waals surface area contributed by atoms with E-state index >= 15 is 0 Å². The predicted octanol–water partition coefficient (Wildman–Crippen LogP) is 2.35. The van der Waals surface area contributed by atoms with E-state index < -0.39 is 0 Å². The molecular weight excluding hydrogens is 240 g/mol. The first-order valence-corrected chi connectivity index (χ1v) is 6.56. The van der Waals surface area contributed by atoms with Crippen molar-refractivity contribution in [1.29, 1.82) is 0 Å². The molecule has 0 aliphatic carbocycles. The number of nitrogen functional groups attached to an aromatic ring is 1. The number of aromatic nitrogens is 2. The highest BCUT2D eigenvalue weighted by Crippen LogP contribution is 2.20. The standard InChI is InChI=1S/C14H24N4O/c1-8(2)12-16-7-10(15)11(18-12)13(19)17-9(3)14(4,5)6/h7-9H,15H2,1-6H3,(H,17,19). The molecule has 5 heteroatoms. The average Bonchev–Trinajstić information content (AvgIpc) is 2.27. The van der Waals surface area contributed by atoms with Crippen LogP contribution in [-0.2, 0) is 0 Å². The van der Waals surface area contributed by atoms with Crippen LogP contribution in [0.15, 0.2) is 6.20 Å². The monoisotopic (exact) mass is 264 g/mol. The Kier molecular flexibility index (Phi) is 4.50. The number of nitrogens with two attached hydrogens (primary N) is 1. The smallest absolute Gasteiger partial charge is 0.272 e. The summed E-state index contributed by atoms with van der Waals surface area (Å²) in [6, 6.07) is 0.0249. The molecular formula is C14H24N4O. The highest BCUT2D eigenvalue weighted by atomic mass is 16.2. The van der Waals surface area contributed by atoms with Crippen molar-refractivity contribution in [3.8, 4) is 0 Å². The molecule has 3 N–H and O–H groups in total. The first-order chi connectivity index (χ1) is 8.62. The number of rotatable bonds is 3. The third-order valence-corrected chi connectivity index (χ3v) is 3.21. The number of carbonyl (C=O) groups excluding carboxylic acids is 1. The van der Waals surface area contributed by atoms with Crippen molar-refractivity contribution in [2.75, 3.05) is 5.73 Å². The molecule has 0 radical (unpaired) electrons. The van der Waals surface area contributed by atoms with E-state index in [4.69, 9.17) is 5.73 Å². The van der Waals surface area contributed by atoms with Gasteiger partial charge in [-0.3, -0.25) is 4.79 Å². The average molecular weight is 264 g/mol. The van der Waals surface area contributed by atoms with E-state index in [-0.39, 0.29) is 29.0 Å². The molecule has 0 saturated carbocycles. The Labute approximate surface area is 115 Å². The van der Waals surface area contributed by atoms with Gasteiger partial charge in [-0.25, -0.2) is 9.97 Å². The second-order valence-corrected chi connectivity index (χ2v) is 6.25. The highest BCUT2D eigenvalue weighted by molar-refractivity contribution is 5.97. The third-order valence-electron chi connectivity index (χ3n) is 3.21. The number of nitrogens with one attached hydrogen (secondary N) is 1. The molecule has 1 aromatic rings. The van der Waals surface area contributed by atoms with Crippen LogP contribution in [0.2, 0.25) is 0 Å². The van der Waals surface area contributed by atoms with E-state index in [1.165, 1.54) is 6.20 Å². The fourth-order valence-corrected chi connectivity index (χ4v) is 1.35. The maximum Gasteiger partial charge on any atom is 0.272 e. The third kappa shape index (κ3) is 3.91. The lowest BCUT2D eigenvalue weighted by molar-refractivity contribution is 0.0905. The Morgan fingerprint density at radius 1 is 1.32 bits per heavy atom. The van der Waals surface area contributed by atoms with E-state index in [1.807, 2.05) is 20.8 Å². The van der Waals surface area contributed by atoms with Crippen molar-refractivity contribution in [3.63, 3.8) is 0 Å². The maximum absolute atomic E-state index is 12.2. The molecule has 1 amide bonds. The summed E-state index contributed by atoms with van der Waals surface area (Å²) in [6.07, 6.45) is 1.50. The quantitative estimate of drug-likeness (QED) is 0.878. The number of hydrogen-bond acceptors (Lipinski definition) is 4. The minimum Gasteiger partial charge on any atom is -0.396 e. The fraction of sp³-hybridized carbons (Fsp3) is 0.643. The van der Waals surface area contributed by atoms with Crippen molar-refractivity contribution in [1.82, 2.24) is 15.3 Å². The molecule has 106 valence electrons. The van der Waals surface area contributed by atoms with Crippen LogP contribution in [-0.4, -0.2) is 21.9 Å². The van der Waals surface area contributed by atoms with Crippen LogP contribution in [0.5, 0.6) is 0 Å². The Hall–Kier alpha value is -1.65. The molecule has 0 aliphatic rings. The molecule has 19 heavy (non-hydrogen) atoms. The Morgan fingerprint density at radius 3 is 2.37 bits per heavy atom. The molecule has 0 spiro atoms. The van der Waals surface area contributed by atoms with Crippen LogP contribution in [0.1, 0.15) is 63.8 Å². The zero-order chi connectivity index (χ0) is 14.8. The van der Waals surface area contributed by atoms with E-state index in [0.717, 1.165) is 0 Å². The summed E-state index contributed by atoms with van der Waals surface area (Å²) < 4.78 is 0. The molecule has 1 atom stereocenters. The Balaban J connectivity index is 2.97. The lowest BCUT2D eigenvalue weighted by atomic mass is 9.88. The zero-order valence-corrected chi connectivity index (χ0v) is 12.6. The summed E-state index contributed by atoms with van der Waals surface area (Å²) in [6.45, 7) is 12.1. The van der Waals surface area contributed by atoms with Crippen LogP contribution >= 0.6 is 0 Å². The summed E-state index contributed by atoms with van der Waals surface area (Å²) in [4.78, 5) is 20.6. The normalized spacial score (nSPS) is 13.4. The maximum atomic E-state index is 12.2. The molecule has 0 aliphatic heterocycles. The second kappa shape index (κ2) is 5.55. The van der Waals surface area contributed by atoms with Crippen LogP contribution in [0, 0.1) is 5.41 Å². The summed E-state index contributed by atoms with van der Waals surface area (Å²) in [7, 11) is 0. The molecule has 0 fully saturated rings. The number of nitrogens with zero attached hydrogens (tertiary/aromatic N) is 2. The van der Waals surface area contributed by atoms with Gasteiger partial charge >= 0.3 is 0 Å². The molecule has 1 heterocycles. The van der Waals surface area contributed by atoms with Gasteiger partial charge in [0.05, 0.1) is 11.9 Å². The van der Waals surface area contributed by atoms with Gasteiger partial charge in [-0.2, -0.15) is 0 Å². The molecule has 1 rings (SSSR count). The Morgan fingerprint density at radius 2 is 1.89 bits per heavy atom. The van der Waals surface area contributed by atoms with E-state index in [0.29, 0.717) is 11.5 Å². The van der Waals surface area contributed by atoms with Gasteiger partial charge < -0.3 is 11.1 Å². The fourth-order valence-electron chi connectivity index (χ4n) is 1.35. The molecule has 0 aromatic carbocycles. The van der Waals surface area contributed by atoms with Gasteiger partial charge in [-0.1, -0.05) is 34.6 Å². The van der Waals surface area contributed by atoms with E-state index in [9.17, 15) is 4.79 Å². The first-order valence-electron chi connectivity index (χ1n) is 6.56. The van der Waals surface area contributed by atoms with Crippen molar-refractivity contribution in [2.24, 2.45) is 5.41 Å². The number of anilines is 1. The SMILES string of the molecule is CC(C)c1ncc(N)c(C(=O)NC(C)C(C)(C)C)n1. The summed E-state index contributed by atoms with van der Waals surface area (Å²) in [5, 5.41) is 2.93. The van der Waals surface area contributed by atoms with Gasteiger partial charge in [0.25, 0.3) is 5.91 Å². The first kappa shape index (κ1) is 15.4. The molecule has 0 bridgehead atoms. The van der Waals surface area contributed by atoms with Gasteiger partial charge in [0.1, 0.15) is 5.82 Å². The summed E-state index contributed by atoms with van der Waals surface area (Å²) >= 11 is 0. The van der Waals surface area contributed by atoms with Gasteiger partial charge in [0.15, 0.2) is 5.69 Å². The second-order valence-electron chi connectivity index (χ2n) is 6.25. The van der Waals surface area contributed by atoms with Crippen LogP contribution in [0.4, 0.5) is 5.69 Å². The van der Waals surface area contributed by atoms with Crippen LogP contribution < -0.4 is 11.1 Å². The largest absolute Gasteiger partial charge is 0.396 e. The molecule has 1 aromatic heterocycles. The number of hydrogen-bond donors (Lipinski definition) is 2. The molecule has 1 unspecified atom stereocenters. The summed E-state index contributed by atoms with van der Waals surface area (Å²) in [5.41, 5.74) is 6.34. The van der Waals surface area contributed by atoms with Gasteiger partial charge in [-0.05, 0) is 12.3 Å².